The summed E-state index contributed by atoms with van der Waals surface area (Å²) >= 11 is 0. The number of nitrogen functional groups attached to an aromatic ring is 2. The zero-order chi connectivity index (χ0) is 36.1. The molecule has 0 saturated heterocycles. The highest BCUT2D eigenvalue weighted by atomic mass is 16.2. The number of hydrogen-bond acceptors (Lipinski definition) is 4. The first-order chi connectivity index (χ1) is 25.9. The second kappa shape index (κ2) is 12.5. The summed E-state index contributed by atoms with van der Waals surface area (Å²) in [6.07, 6.45) is 0. The largest absolute Gasteiger partial charge is 0.398 e. The SMILES string of the molecule is Nc1c(C(=O)Nc2ccc(C3(c4ccc(NC(=O)c5ccc6ccccc6c5N)cc4)c4ccccc4-c4ccccc43)cc2)ccc2ccccc12. The Morgan fingerprint density at radius 3 is 1.23 bits per heavy atom. The lowest BCUT2D eigenvalue weighted by atomic mass is 9.67. The second-order valence-electron chi connectivity index (χ2n) is 13.4. The van der Waals surface area contributed by atoms with E-state index in [0.29, 0.717) is 33.9 Å². The van der Waals surface area contributed by atoms with Gasteiger partial charge in [0.1, 0.15) is 0 Å². The molecule has 6 heteroatoms. The first kappa shape index (κ1) is 31.8. The monoisotopic (exact) mass is 686 g/mol. The number of rotatable bonds is 6. The Morgan fingerprint density at radius 1 is 0.415 bits per heavy atom. The van der Waals surface area contributed by atoms with Crippen molar-refractivity contribution in [3.05, 3.63) is 203 Å². The summed E-state index contributed by atoms with van der Waals surface area (Å²) in [6, 6.07) is 56.0. The Kier molecular flexibility index (Phi) is 7.52. The number of hydrogen-bond donors (Lipinski definition) is 4. The predicted octanol–water partition coefficient (Wildman–Crippen LogP) is 10.0. The maximum atomic E-state index is 13.5. The summed E-state index contributed by atoms with van der Waals surface area (Å²) in [5.74, 6) is -0.536. The number of anilines is 4. The van der Waals surface area contributed by atoms with Crippen LogP contribution in [0, 0.1) is 0 Å². The molecule has 9 rings (SSSR count). The molecular formula is C47H34N4O2. The van der Waals surface area contributed by atoms with E-state index in [1.165, 1.54) is 0 Å². The molecule has 6 N–H and O–H groups in total. The summed E-state index contributed by atoms with van der Waals surface area (Å²) in [5.41, 5.74) is 22.1. The van der Waals surface area contributed by atoms with Crippen molar-refractivity contribution in [3.63, 3.8) is 0 Å². The van der Waals surface area contributed by atoms with Crippen molar-refractivity contribution >= 4 is 56.1 Å². The lowest BCUT2D eigenvalue weighted by Crippen LogP contribution is -2.28. The molecule has 1 aliphatic rings. The molecule has 0 heterocycles. The third kappa shape index (κ3) is 5.11. The van der Waals surface area contributed by atoms with Crippen LogP contribution in [0.2, 0.25) is 0 Å². The highest BCUT2D eigenvalue weighted by Gasteiger charge is 2.45. The van der Waals surface area contributed by atoms with Crippen molar-refractivity contribution in [1.29, 1.82) is 0 Å². The van der Waals surface area contributed by atoms with Crippen LogP contribution in [0.1, 0.15) is 43.0 Å². The molecule has 1 aliphatic carbocycles. The summed E-state index contributed by atoms with van der Waals surface area (Å²) in [5, 5.41) is 9.78. The molecule has 254 valence electrons. The van der Waals surface area contributed by atoms with Gasteiger partial charge in [0, 0.05) is 22.1 Å². The van der Waals surface area contributed by atoms with E-state index in [-0.39, 0.29) is 11.8 Å². The van der Waals surface area contributed by atoms with Crippen molar-refractivity contribution in [3.8, 4) is 11.1 Å². The van der Waals surface area contributed by atoms with Crippen molar-refractivity contribution in [1.82, 2.24) is 0 Å². The number of carbonyl (C=O) groups excluding carboxylic acids is 2. The molecule has 0 radical (unpaired) electrons. The Morgan fingerprint density at radius 2 is 0.792 bits per heavy atom. The van der Waals surface area contributed by atoms with Gasteiger partial charge in [-0.1, -0.05) is 133 Å². The van der Waals surface area contributed by atoms with Crippen molar-refractivity contribution in [2.75, 3.05) is 22.1 Å². The highest BCUT2D eigenvalue weighted by Crippen LogP contribution is 2.56. The lowest BCUT2D eigenvalue weighted by Gasteiger charge is -2.34. The molecule has 0 atom stereocenters. The third-order valence-electron chi connectivity index (χ3n) is 10.5. The first-order valence-corrected chi connectivity index (χ1v) is 17.5. The van der Waals surface area contributed by atoms with Crippen LogP contribution in [0.4, 0.5) is 22.7 Å². The van der Waals surface area contributed by atoms with Crippen LogP contribution in [-0.2, 0) is 5.41 Å². The average Bonchev–Trinajstić information content (AvgIpc) is 3.50. The molecule has 0 unspecified atom stereocenters. The first-order valence-electron chi connectivity index (χ1n) is 17.5. The molecule has 6 nitrogen and oxygen atoms in total. The molecule has 0 fully saturated rings. The number of amides is 2. The minimum Gasteiger partial charge on any atom is -0.398 e. The fourth-order valence-electron chi connectivity index (χ4n) is 8.01. The van der Waals surface area contributed by atoms with Gasteiger partial charge < -0.3 is 22.1 Å². The van der Waals surface area contributed by atoms with Gasteiger partial charge in [0.25, 0.3) is 11.8 Å². The van der Waals surface area contributed by atoms with E-state index in [1.807, 2.05) is 84.9 Å². The number of nitrogens with two attached hydrogens (primary N) is 2. The van der Waals surface area contributed by atoms with Gasteiger partial charge in [-0.2, -0.15) is 0 Å². The average molecular weight is 687 g/mol. The van der Waals surface area contributed by atoms with E-state index >= 15 is 0 Å². The normalized spacial score (nSPS) is 12.6. The van der Waals surface area contributed by atoms with Crippen molar-refractivity contribution < 1.29 is 9.59 Å². The van der Waals surface area contributed by atoms with E-state index in [2.05, 4.69) is 83.4 Å². The summed E-state index contributed by atoms with van der Waals surface area (Å²) in [4.78, 5) is 27.0. The van der Waals surface area contributed by atoms with Gasteiger partial charge in [0.2, 0.25) is 0 Å². The number of benzene rings is 8. The molecule has 0 spiro atoms. The van der Waals surface area contributed by atoms with Crippen LogP contribution in [0.15, 0.2) is 170 Å². The zero-order valence-corrected chi connectivity index (χ0v) is 28.6. The van der Waals surface area contributed by atoms with Gasteiger partial charge in [-0.05, 0) is 80.6 Å². The molecule has 8 aromatic rings. The minimum absolute atomic E-state index is 0.268. The van der Waals surface area contributed by atoms with Gasteiger partial charge in [-0.3, -0.25) is 9.59 Å². The maximum absolute atomic E-state index is 13.5. The van der Waals surface area contributed by atoms with Crippen LogP contribution >= 0.6 is 0 Å². The van der Waals surface area contributed by atoms with E-state index in [4.69, 9.17) is 11.5 Å². The van der Waals surface area contributed by atoms with E-state index in [0.717, 1.165) is 54.9 Å². The van der Waals surface area contributed by atoms with Gasteiger partial charge in [0.05, 0.1) is 27.9 Å². The Balaban J connectivity index is 1.08. The topological polar surface area (TPSA) is 110 Å². The standard InChI is InChI=1S/C47H34N4O2/c48-43-35-11-3-1-9-29(35)17-27-39(43)45(52)50-33-23-19-31(20-24-33)47(41-15-7-5-13-37(41)38-14-6-8-16-42(38)47)32-21-25-34(26-22-32)51-46(53)40-28-18-30-10-2-4-12-36(30)44(40)49/h1-28H,48-49H2,(H,50,52)(H,51,53). The van der Waals surface area contributed by atoms with Crippen LogP contribution in [0.5, 0.6) is 0 Å². The summed E-state index contributed by atoms with van der Waals surface area (Å²) in [6.45, 7) is 0. The predicted molar refractivity (Wildman–Crippen MR) is 216 cm³/mol. The molecule has 53 heavy (non-hydrogen) atoms. The van der Waals surface area contributed by atoms with Gasteiger partial charge in [-0.15, -0.1) is 0 Å². The molecule has 0 aromatic heterocycles. The van der Waals surface area contributed by atoms with Crippen molar-refractivity contribution in [2.24, 2.45) is 0 Å². The van der Waals surface area contributed by atoms with Crippen molar-refractivity contribution in [2.45, 2.75) is 5.41 Å². The van der Waals surface area contributed by atoms with Crippen LogP contribution in [0.3, 0.4) is 0 Å². The van der Waals surface area contributed by atoms with E-state index in [1.54, 1.807) is 12.1 Å². The molecule has 2 amide bonds. The fraction of sp³-hybridized carbons (Fsp3) is 0.0213. The van der Waals surface area contributed by atoms with E-state index in [9.17, 15) is 9.59 Å². The van der Waals surface area contributed by atoms with Crippen LogP contribution in [-0.4, -0.2) is 11.8 Å². The number of fused-ring (bicyclic) bond motifs is 5. The molecule has 8 aromatic carbocycles. The van der Waals surface area contributed by atoms with Gasteiger partial charge in [-0.25, -0.2) is 0 Å². The summed E-state index contributed by atoms with van der Waals surface area (Å²) in [7, 11) is 0. The zero-order valence-electron chi connectivity index (χ0n) is 28.6. The Labute approximate surface area is 306 Å². The van der Waals surface area contributed by atoms with Crippen LogP contribution < -0.4 is 22.1 Å². The van der Waals surface area contributed by atoms with Crippen LogP contribution in [0.25, 0.3) is 32.7 Å². The number of carbonyl (C=O) groups is 2. The third-order valence-corrected chi connectivity index (χ3v) is 10.5. The Bertz CT molecular complexity index is 2550. The smallest absolute Gasteiger partial charge is 0.257 e. The Hall–Kier alpha value is -7.18. The summed E-state index contributed by atoms with van der Waals surface area (Å²) < 4.78 is 0. The van der Waals surface area contributed by atoms with Gasteiger partial charge in [0.15, 0.2) is 0 Å². The minimum atomic E-state index is -0.663. The number of nitrogens with one attached hydrogen (secondary N) is 2. The lowest BCUT2D eigenvalue weighted by molar-refractivity contribution is 0.101. The van der Waals surface area contributed by atoms with E-state index < -0.39 is 5.41 Å². The molecular weight excluding hydrogens is 653 g/mol. The fourth-order valence-corrected chi connectivity index (χ4v) is 8.01. The highest BCUT2D eigenvalue weighted by molar-refractivity contribution is 6.13. The quantitative estimate of drug-likeness (QED) is 0.131. The second-order valence-corrected chi connectivity index (χ2v) is 13.4. The molecule has 0 saturated carbocycles. The maximum Gasteiger partial charge on any atom is 0.257 e. The van der Waals surface area contributed by atoms with Gasteiger partial charge >= 0.3 is 0 Å². The molecule has 0 bridgehead atoms. The molecule has 0 aliphatic heterocycles.